The second-order valence-electron chi connectivity index (χ2n) is 6.12. The Bertz CT molecular complexity index is 642. The van der Waals surface area contributed by atoms with Crippen molar-refractivity contribution in [3.8, 4) is 0 Å². The van der Waals surface area contributed by atoms with E-state index in [1.165, 1.54) is 12.1 Å². The van der Waals surface area contributed by atoms with Gasteiger partial charge in [0.05, 0.1) is 6.42 Å². The number of carbonyl (C=O) groups excluding carboxylic acids is 1. The number of aromatic nitrogens is 1. The number of benzene rings is 1. The third-order valence-electron chi connectivity index (χ3n) is 4.44. The van der Waals surface area contributed by atoms with Gasteiger partial charge in [0.2, 0.25) is 5.91 Å². The number of pyridine rings is 1. The summed E-state index contributed by atoms with van der Waals surface area (Å²) in [5.41, 5.74) is 2.06. The van der Waals surface area contributed by atoms with Crippen LogP contribution in [-0.2, 0) is 11.2 Å². The largest absolute Gasteiger partial charge is 0.342 e. The Balaban J connectivity index is 1.69. The summed E-state index contributed by atoms with van der Waals surface area (Å²) in [5.74, 6) is 0.217. The SMILES string of the molecule is O=C(Cc1cccnc1)N1CCCC[C@H](c2ccc(F)cc2)C1. The molecule has 0 N–H and O–H groups in total. The number of amides is 1. The van der Waals surface area contributed by atoms with Gasteiger partial charge in [0.15, 0.2) is 0 Å². The molecule has 0 radical (unpaired) electrons. The first kappa shape index (κ1) is 15.7. The van der Waals surface area contributed by atoms with Crippen molar-refractivity contribution in [2.24, 2.45) is 0 Å². The molecule has 1 saturated heterocycles. The third kappa shape index (κ3) is 4.15. The van der Waals surface area contributed by atoms with Crippen molar-refractivity contribution in [3.05, 3.63) is 65.7 Å². The van der Waals surface area contributed by atoms with Crippen LogP contribution in [0.1, 0.15) is 36.3 Å². The van der Waals surface area contributed by atoms with Crippen molar-refractivity contribution in [1.29, 1.82) is 0 Å². The molecule has 0 saturated carbocycles. The molecular weight excluding hydrogens is 291 g/mol. The maximum Gasteiger partial charge on any atom is 0.227 e. The van der Waals surface area contributed by atoms with Gasteiger partial charge < -0.3 is 4.90 Å². The van der Waals surface area contributed by atoms with Gasteiger partial charge in [-0.15, -0.1) is 0 Å². The summed E-state index contributed by atoms with van der Waals surface area (Å²) in [5, 5.41) is 0. The van der Waals surface area contributed by atoms with E-state index in [1.807, 2.05) is 29.2 Å². The molecule has 0 unspecified atom stereocenters. The number of nitrogens with zero attached hydrogens (tertiary/aromatic N) is 2. The number of likely N-dealkylation sites (tertiary alicyclic amines) is 1. The van der Waals surface area contributed by atoms with E-state index in [-0.39, 0.29) is 17.6 Å². The molecule has 1 aromatic carbocycles. The van der Waals surface area contributed by atoms with E-state index in [0.717, 1.165) is 36.9 Å². The molecule has 0 bridgehead atoms. The lowest BCUT2D eigenvalue weighted by atomic mass is 9.94. The lowest BCUT2D eigenvalue weighted by Crippen LogP contribution is -2.35. The van der Waals surface area contributed by atoms with Crippen LogP contribution in [0, 0.1) is 5.82 Å². The molecular formula is C19H21FN2O. The Kier molecular flexibility index (Phi) is 5.01. The molecule has 2 heterocycles. The summed E-state index contributed by atoms with van der Waals surface area (Å²) >= 11 is 0. The maximum absolute atomic E-state index is 13.1. The Hall–Kier alpha value is -2.23. The van der Waals surface area contributed by atoms with Crippen LogP contribution in [0.25, 0.3) is 0 Å². The topological polar surface area (TPSA) is 33.2 Å². The fourth-order valence-electron chi connectivity index (χ4n) is 3.16. The molecule has 1 atom stereocenters. The standard InChI is InChI=1S/C19H21FN2O/c20-18-8-6-16(7-9-18)17-5-1-2-11-22(14-17)19(23)12-15-4-3-10-21-13-15/h3-4,6-10,13,17H,1-2,5,11-12,14H2/t17-/m0/s1. The first-order valence-electron chi connectivity index (χ1n) is 8.14. The van der Waals surface area contributed by atoms with Crippen LogP contribution in [0.4, 0.5) is 4.39 Å². The zero-order valence-corrected chi connectivity index (χ0v) is 13.1. The van der Waals surface area contributed by atoms with Crippen LogP contribution in [0.3, 0.4) is 0 Å². The molecule has 23 heavy (non-hydrogen) atoms. The normalized spacial score (nSPS) is 18.5. The quantitative estimate of drug-likeness (QED) is 0.868. The fraction of sp³-hybridized carbons (Fsp3) is 0.368. The molecule has 1 fully saturated rings. The molecule has 0 spiro atoms. The van der Waals surface area contributed by atoms with Gasteiger partial charge in [0.25, 0.3) is 0 Å². The second kappa shape index (κ2) is 7.36. The summed E-state index contributed by atoms with van der Waals surface area (Å²) in [6.07, 6.45) is 7.01. The van der Waals surface area contributed by atoms with Crippen LogP contribution >= 0.6 is 0 Å². The minimum atomic E-state index is -0.216. The molecule has 3 nitrogen and oxygen atoms in total. The van der Waals surface area contributed by atoms with Gasteiger partial charge >= 0.3 is 0 Å². The molecule has 0 aliphatic carbocycles. The van der Waals surface area contributed by atoms with Crippen molar-refractivity contribution >= 4 is 5.91 Å². The van der Waals surface area contributed by atoms with Crippen molar-refractivity contribution in [3.63, 3.8) is 0 Å². The van der Waals surface area contributed by atoms with E-state index >= 15 is 0 Å². The summed E-state index contributed by atoms with van der Waals surface area (Å²) < 4.78 is 13.1. The van der Waals surface area contributed by atoms with E-state index in [4.69, 9.17) is 0 Å². The van der Waals surface area contributed by atoms with Crippen LogP contribution in [0.2, 0.25) is 0 Å². The van der Waals surface area contributed by atoms with Crippen LogP contribution in [0.5, 0.6) is 0 Å². The van der Waals surface area contributed by atoms with E-state index in [9.17, 15) is 9.18 Å². The highest BCUT2D eigenvalue weighted by atomic mass is 19.1. The number of hydrogen-bond donors (Lipinski definition) is 0. The highest BCUT2D eigenvalue weighted by Crippen LogP contribution is 2.27. The van der Waals surface area contributed by atoms with Crippen molar-refractivity contribution in [2.75, 3.05) is 13.1 Å². The van der Waals surface area contributed by atoms with E-state index in [2.05, 4.69) is 4.98 Å². The third-order valence-corrected chi connectivity index (χ3v) is 4.44. The minimum absolute atomic E-state index is 0.145. The maximum atomic E-state index is 13.1. The predicted octanol–water partition coefficient (Wildman–Crippen LogP) is 3.56. The smallest absolute Gasteiger partial charge is 0.227 e. The fourth-order valence-corrected chi connectivity index (χ4v) is 3.16. The first-order chi connectivity index (χ1) is 11.2. The van der Waals surface area contributed by atoms with E-state index < -0.39 is 0 Å². The molecule has 1 aliphatic rings. The molecule has 1 aliphatic heterocycles. The first-order valence-corrected chi connectivity index (χ1v) is 8.14. The van der Waals surface area contributed by atoms with E-state index in [1.54, 1.807) is 12.4 Å². The molecule has 3 rings (SSSR count). The number of hydrogen-bond acceptors (Lipinski definition) is 2. The minimum Gasteiger partial charge on any atom is -0.342 e. The number of carbonyl (C=O) groups is 1. The molecule has 2 aromatic rings. The van der Waals surface area contributed by atoms with Crippen molar-refractivity contribution < 1.29 is 9.18 Å². The second-order valence-corrected chi connectivity index (χ2v) is 6.12. The number of rotatable bonds is 3. The Morgan fingerprint density at radius 3 is 2.78 bits per heavy atom. The lowest BCUT2D eigenvalue weighted by molar-refractivity contribution is -0.130. The molecule has 120 valence electrons. The highest BCUT2D eigenvalue weighted by molar-refractivity contribution is 5.78. The summed E-state index contributed by atoms with van der Waals surface area (Å²) in [7, 11) is 0. The highest BCUT2D eigenvalue weighted by Gasteiger charge is 2.23. The number of halogens is 1. The Labute approximate surface area is 136 Å². The Morgan fingerprint density at radius 2 is 2.04 bits per heavy atom. The summed E-state index contributed by atoms with van der Waals surface area (Å²) in [6, 6.07) is 10.5. The van der Waals surface area contributed by atoms with Crippen LogP contribution < -0.4 is 0 Å². The zero-order chi connectivity index (χ0) is 16.1. The lowest BCUT2D eigenvalue weighted by Gasteiger charge is -2.25. The van der Waals surface area contributed by atoms with Gasteiger partial charge in [-0.05, 0) is 42.2 Å². The Morgan fingerprint density at radius 1 is 1.22 bits per heavy atom. The predicted molar refractivity (Wildman–Crippen MR) is 87.5 cm³/mol. The van der Waals surface area contributed by atoms with Gasteiger partial charge in [-0.1, -0.05) is 24.6 Å². The molecule has 1 aromatic heterocycles. The van der Waals surface area contributed by atoms with Crippen LogP contribution in [0.15, 0.2) is 48.8 Å². The van der Waals surface area contributed by atoms with Crippen molar-refractivity contribution in [2.45, 2.75) is 31.6 Å². The molecule has 4 heteroatoms. The van der Waals surface area contributed by atoms with Gasteiger partial charge in [-0.25, -0.2) is 4.39 Å². The summed E-state index contributed by atoms with van der Waals surface area (Å²) in [6.45, 7) is 1.52. The van der Waals surface area contributed by atoms with E-state index in [0.29, 0.717) is 13.0 Å². The molecule has 1 amide bonds. The monoisotopic (exact) mass is 312 g/mol. The average molecular weight is 312 g/mol. The van der Waals surface area contributed by atoms with Crippen molar-refractivity contribution in [1.82, 2.24) is 9.88 Å². The van der Waals surface area contributed by atoms with Crippen LogP contribution in [-0.4, -0.2) is 28.9 Å². The van der Waals surface area contributed by atoms with Gasteiger partial charge in [-0.2, -0.15) is 0 Å². The summed E-state index contributed by atoms with van der Waals surface area (Å²) in [4.78, 5) is 18.6. The van der Waals surface area contributed by atoms with Gasteiger partial charge in [0.1, 0.15) is 5.82 Å². The van der Waals surface area contributed by atoms with Gasteiger partial charge in [0, 0.05) is 31.4 Å². The zero-order valence-electron chi connectivity index (χ0n) is 13.1. The van der Waals surface area contributed by atoms with Gasteiger partial charge in [-0.3, -0.25) is 9.78 Å². The average Bonchev–Trinajstić information content (AvgIpc) is 2.83.